The summed E-state index contributed by atoms with van der Waals surface area (Å²) in [5.41, 5.74) is 0. The van der Waals surface area contributed by atoms with Crippen LogP contribution in [-0.2, 0) is 14.8 Å². The van der Waals surface area contributed by atoms with Gasteiger partial charge in [0.1, 0.15) is 10.9 Å². The van der Waals surface area contributed by atoms with Crippen molar-refractivity contribution in [3.63, 3.8) is 0 Å². The Morgan fingerprint density at radius 3 is 2.42 bits per heavy atom. The van der Waals surface area contributed by atoms with Crippen LogP contribution in [0.15, 0.2) is 53.4 Å². The standard InChI is InChI=1S/C25H29Cl2N3O4S2/c1-16(2)13-20(30-25(32)22-14-17-7-3-4-8-21(17)35-22)24(31)28-11-5-6-12-29-36(33,34)23-10-9-18(26)15-19(23)27/h3-4,7-10,14-16,20,29H,5-6,11-13H2,1-2H3,(H,28,31)(H,30,32). The van der Waals surface area contributed by atoms with Crippen LogP contribution >= 0.6 is 34.5 Å². The zero-order valence-corrected chi connectivity index (χ0v) is 23.2. The van der Waals surface area contributed by atoms with E-state index in [4.69, 9.17) is 23.2 Å². The average Bonchev–Trinajstić information content (AvgIpc) is 3.24. The number of carbonyl (C=O) groups is 2. The molecule has 11 heteroatoms. The number of unbranched alkanes of at least 4 members (excludes halogenated alkanes) is 1. The van der Waals surface area contributed by atoms with Gasteiger partial charge < -0.3 is 10.6 Å². The van der Waals surface area contributed by atoms with E-state index >= 15 is 0 Å². The number of thiophene rings is 1. The number of hydrogen-bond donors (Lipinski definition) is 3. The van der Waals surface area contributed by atoms with E-state index in [1.807, 2.05) is 44.2 Å². The number of sulfonamides is 1. The summed E-state index contributed by atoms with van der Waals surface area (Å²) in [7, 11) is -3.76. The van der Waals surface area contributed by atoms with Gasteiger partial charge in [0.05, 0.1) is 9.90 Å². The van der Waals surface area contributed by atoms with Crippen LogP contribution in [0.4, 0.5) is 0 Å². The van der Waals surface area contributed by atoms with Crippen LogP contribution in [0.25, 0.3) is 10.1 Å². The fourth-order valence-corrected chi connectivity index (χ4v) is 6.40. The molecular formula is C25H29Cl2N3O4S2. The summed E-state index contributed by atoms with van der Waals surface area (Å²) in [6, 6.07) is 13.1. The Labute approximate surface area is 225 Å². The third-order valence-electron chi connectivity index (χ3n) is 5.36. The van der Waals surface area contributed by atoms with Crippen LogP contribution in [0, 0.1) is 5.92 Å². The Kier molecular flexibility index (Phi) is 10.2. The highest BCUT2D eigenvalue weighted by Gasteiger charge is 2.23. The summed E-state index contributed by atoms with van der Waals surface area (Å²) in [5, 5.41) is 7.12. The molecule has 3 rings (SSSR count). The van der Waals surface area contributed by atoms with E-state index in [2.05, 4.69) is 15.4 Å². The van der Waals surface area contributed by atoms with E-state index in [1.165, 1.54) is 29.5 Å². The minimum atomic E-state index is -3.76. The third-order valence-corrected chi connectivity index (χ3v) is 8.65. The van der Waals surface area contributed by atoms with E-state index in [9.17, 15) is 18.0 Å². The zero-order chi connectivity index (χ0) is 26.3. The first kappa shape index (κ1) is 28.4. The van der Waals surface area contributed by atoms with E-state index in [-0.39, 0.29) is 34.2 Å². The molecule has 0 aliphatic heterocycles. The minimum absolute atomic E-state index is 0.0345. The van der Waals surface area contributed by atoms with Crippen molar-refractivity contribution in [3.05, 3.63) is 63.5 Å². The number of hydrogen-bond acceptors (Lipinski definition) is 5. The topological polar surface area (TPSA) is 104 Å². The Balaban J connectivity index is 1.47. The maximum absolute atomic E-state index is 12.8. The normalized spacial score (nSPS) is 12.6. The van der Waals surface area contributed by atoms with Gasteiger partial charge in [-0.25, -0.2) is 13.1 Å². The molecule has 0 fully saturated rings. The molecule has 0 spiro atoms. The van der Waals surface area contributed by atoms with Gasteiger partial charge in [-0.2, -0.15) is 0 Å². The molecule has 1 aromatic heterocycles. The fraction of sp³-hybridized carbons (Fsp3) is 0.360. The molecule has 1 unspecified atom stereocenters. The molecule has 36 heavy (non-hydrogen) atoms. The lowest BCUT2D eigenvalue weighted by molar-refractivity contribution is -0.123. The molecule has 1 heterocycles. The quantitative estimate of drug-likeness (QED) is 0.260. The second-order valence-corrected chi connectivity index (χ2v) is 12.4. The lowest BCUT2D eigenvalue weighted by Gasteiger charge is -2.20. The number of nitrogens with one attached hydrogen (secondary N) is 3. The molecular weight excluding hydrogens is 541 g/mol. The highest BCUT2D eigenvalue weighted by atomic mass is 35.5. The van der Waals surface area contributed by atoms with Crippen LogP contribution in [0.1, 0.15) is 42.8 Å². The largest absolute Gasteiger partial charge is 0.354 e. The van der Waals surface area contributed by atoms with Gasteiger partial charge in [-0.1, -0.05) is 55.2 Å². The fourth-order valence-electron chi connectivity index (χ4n) is 3.59. The molecule has 0 saturated heterocycles. The van der Waals surface area contributed by atoms with E-state index in [1.54, 1.807) is 0 Å². The molecule has 3 N–H and O–H groups in total. The molecule has 0 aliphatic rings. The van der Waals surface area contributed by atoms with Gasteiger partial charge in [0.2, 0.25) is 15.9 Å². The molecule has 0 aliphatic carbocycles. The smallest absolute Gasteiger partial charge is 0.262 e. The molecule has 7 nitrogen and oxygen atoms in total. The molecule has 194 valence electrons. The Morgan fingerprint density at radius 1 is 1.00 bits per heavy atom. The number of carbonyl (C=O) groups excluding carboxylic acids is 2. The number of benzene rings is 2. The Bertz CT molecular complexity index is 1290. The predicted molar refractivity (Wildman–Crippen MR) is 146 cm³/mol. The van der Waals surface area contributed by atoms with E-state index in [0.717, 1.165) is 10.1 Å². The SMILES string of the molecule is CC(C)CC(NC(=O)c1cc2ccccc2s1)C(=O)NCCCCNS(=O)(=O)c1ccc(Cl)cc1Cl. The highest BCUT2D eigenvalue weighted by Crippen LogP contribution is 2.26. The molecule has 2 aromatic carbocycles. The summed E-state index contributed by atoms with van der Waals surface area (Å²) >= 11 is 13.2. The number of fused-ring (bicyclic) bond motifs is 1. The molecule has 2 amide bonds. The Hall–Kier alpha value is -2.17. The number of halogens is 2. The summed E-state index contributed by atoms with van der Waals surface area (Å²) in [4.78, 5) is 26.1. The highest BCUT2D eigenvalue weighted by molar-refractivity contribution is 7.89. The summed E-state index contributed by atoms with van der Waals surface area (Å²) in [6.45, 7) is 4.53. The summed E-state index contributed by atoms with van der Waals surface area (Å²) in [5.74, 6) is -0.323. The lowest BCUT2D eigenvalue weighted by atomic mass is 10.0. The molecule has 1 atom stereocenters. The average molecular weight is 571 g/mol. The zero-order valence-electron chi connectivity index (χ0n) is 20.0. The third kappa shape index (κ3) is 7.91. The Morgan fingerprint density at radius 2 is 1.72 bits per heavy atom. The van der Waals surface area contributed by atoms with Crippen molar-refractivity contribution in [2.75, 3.05) is 13.1 Å². The number of rotatable bonds is 12. The first-order valence-electron chi connectivity index (χ1n) is 11.6. The van der Waals surface area contributed by atoms with Gasteiger partial charge in [-0.3, -0.25) is 9.59 Å². The number of amides is 2. The van der Waals surface area contributed by atoms with Crippen molar-refractivity contribution in [3.8, 4) is 0 Å². The first-order valence-corrected chi connectivity index (χ1v) is 14.6. The van der Waals surface area contributed by atoms with Crippen LogP contribution in [-0.4, -0.2) is 39.4 Å². The monoisotopic (exact) mass is 569 g/mol. The van der Waals surface area contributed by atoms with Gasteiger partial charge >= 0.3 is 0 Å². The van der Waals surface area contributed by atoms with Crippen molar-refractivity contribution in [2.24, 2.45) is 5.92 Å². The van der Waals surface area contributed by atoms with Crippen molar-refractivity contribution in [1.29, 1.82) is 0 Å². The van der Waals surface area contributed by atoms with E-state index in [0.29, 0.717) is 35.7 Å². The van der Waals surface area contributed by atoms with Crippen molar-refractivity contribution in [1.82, 2.24) is 15.4 Å². The van der Waals surface area contributed by atoms with Crippen LogP contribution in [0.5, 0.6) is 0 Å². The maximum atomic E-state index is 12.8. The van der Waals surface area contributed by atoms with Crippen molar-refractivity contribution in [2.45, 2.75) is 44.0 Å². The summed E-state index contributed by atoms with van der Waals surface area (Å²) in [6.07, 6.45) is 1.57. The van der Waals surface area contributed by atoms with Gasteiger partial charge in [0.25, 0.3) is 5.91 Å². The van der Waals surface area contributed by atoms with Crippen molar-refractivity contribution >= 4 is 66.5 Å². The van der Waals surface area contributed by atoms with Crippen LogP contribution in [0.3, 0.4) is 0 Å². The molecule has 0 radical (unpaired) electrons. The van der Waals surface area contributed by atoms with Gasteiger partial charge in [-0.15, -0.1) is 11.3 Å². The molecule has 0 saturated carbocycles. The molecule has 0 bridgehead atoms. The maximum Gasteiger partial charge on any atom is 0.262 e. The van der Waals surface area contributed by atoms with Crippen LogP contribution in [0.2, 0.25) is 10.0 Å². The molecule has 3 aromatic rings. The van der Waals surface area contributed by atoms with Gasteiger partial charge in [-0.05, 0) is 60.9 Å². The first-order chi connectivity index (χ1) is 17.1. The summed E-state index contributed by atoms with van der Waals surface area (Å²) < 4.78 is 28.4. The second kappa shape index (κ2) is 12.9. The predicted octanol–water partition coefficient (Wildman–Crippen LogP) is 5.23. The lowest BCUT2D eigenvalue weighted by Crippen LogP contribution is -2.47. The second-order valence-electron chi connectivity index (χ2n) is 8.77. The van der Waals surface area contributed by atoms with Gasteiger partial charge in [0, 0.05) is 22.8 Å². The van der Waals surface area contributed by atoms with Crippen LogP contribution < -0.4 is 15.4 Å². The van der Waals surface area contributed by atoms with Crippen molar-refractivity contribution < 1.29 is 18.0 Å². The van der Waals surface area contributed by atoms with E-state index < -0.39 is 16.1 Å². The van der Waals surface area contributed by atoms with Gasteiger partial charge in [0.15, 0.2) is 0 Å². The minimum Gasteiger partial charge on any atom is -0.354 e.